The third kappa shape index (κ3) is 3.02. The molecule has 0 amide bonds. The molecule has 1 aliphatic heterocycles. The van der Waals surface area contributed by atoms with Crippen molar-refractivity contribution in [1.82, 2.24) is 5.32 Å². The summed E-state index contributed by atoms with van der Waals surface area (Å²) in [5.74, 6) is 0.231. The number of aliphatic imine (C=N–C) groups is 1. The summed E-state index contributed by atoms with van der Waals surface area (Å²) in [6.07, 6.45) is 1.69. The molecule has 0 saturated heterocycles. The molecular weight excluding hydrogens is 144 g/mol. The van der Waals surface area contributed by atoms with E-state index < -0.39 is 5.97 Å². The fourth-order valence-electron chi connectivity index (χ4n) is 1.02. The van der Waals surface area contributed by atoms with Crippen LogP contribution < -0.4 is 5.32 Å². The molecule has 0 unspecified atom stereocenters. The molecule has 1 rings (SSSR count). The first-order valence-corrected chi connectivity index (χ1v) is 3.78. The summed E-state index contributed by atoms with van der Waals surface area (Å²) in [5, 5.41) is 11.4. The van der Waals surface area contributed by atoms with E-state index >= 15 is 0 Å². The molecule has 0 saturated carbocycles. The summed E-state index contributed by atoms with van der Waals surface area (Å²) in [4.78, 5) is 14.3. The second-order valence-electron chi connectivity index (χ2n) is 2.50. The normalized spacial score (nSPS) is 15.8. The molecule has 4 nitrogen and oxygen atoms in total. The summed E-state index contributed by atoms with van der Waals surface area (Å²) in [5.41, 5.74) is 0. The Hall–Kier alpha value is -1.06. The minimum Gasteiger partial charge on any atom is -0.481 e. The lowest BCUT2D eigenvalue weighted by atomic mass is 10.2. The molecule has 4 heteroatoms. The largest absolute Gasteiger partial charge is 0.481 e. The van der Waals surface area contributed by atoms with Gasteiger partial charge in [-0.25, -0.2) is 0 Å². The molecule has 0 aromatic carbocycles. The first-order valence-electron chi connectivity index (χ1n) is 3.78. The van der Waals surface area contributed by atoms with Gasteiger partial charge in [0.2, 0.25) is 0 Å². The number of carboxylic acid groups (broad SMARTS) is 1. The predicted molar refractivity (Wildman–Crippen MR) is 41.8 cm³/mol. The molecule has 0 bridgehead atoms. The van der Waals surface area contributed by atoms with Crippen LogP contribution in [0.5, 0.6) is 0 Å². The van der Waals surface area contributed by atoms with Crippen molar-refractivity contribution < 1.29 is 9.90 Å². The van der Waals surface area contributed by atoms with Crippen molar-refractivity contribution in [2.75, 3.05) is 13.1 Å². The van der Waals surface area contributed by atoms with Crippen molar-refractivity contribution in [3.63, 3.8) is 0 Å². The highest BCUT2D eigenvalue weighted by atomic mass is 16.4. The maximum absolute atomic E-state index is 10.1. The van der Waals surface area contributed by atoms with Gasteiger partial charge in [0.25, 0.3) is 0 Å². The molecule has 0 aromatic rings. The lowest BCUT2D eigenvalue weighted by molar-refractivity contribution is -0.137. The molecule has 1 aliphatic rings. The topological polar surface area (TPSA) is 61.7 Å². The molecule has 0 aliphatic carbocycles. The average molecular weight is 156 g/mol. The Morgan fingerprint density at radius 2 is 2.55 bits per heavy atom. The minimum absolute atomic E-state index is 0.237. The number of hydrogen-bond acceptors (Lipinski definition) is 3. The van der Waals surface area contributed by atoms with Crippen molar-refractivity contribution in [2.45, 2.75) is 19.3 Å². The molecule has 0 aromatic heterocycles. The highest BCUT2D eigenvalue weighted by Crippen LogP contribution is 1.98. The molecule has 1 heterocycles. The zero-order valence-electron chi connectivity index (χ0n) is 6.34. The van der Waals surface area contributed by atoms with Crippen LogP contribution >= 0.6 is 0 Å². The first kappa shape index (κ1) is 8.04. The molecule has 0 fully saturated rings. The standard InChI is InChI=1S/C7H12N2O2/c10-7(11)3-1-2-6-8-4-5-9-6/h1-5H2,(H,8,9)(H,10,11). The van der Waals surface area contributed by atoms with Gasteiger partial charge < -0.3 is 10.4 Å². The van der Waals surface area contributed by atoms with Crippen molar-refractivity contribution in [1.29, 1.82) is 0 Å². The number of hydrogen-bond donors (Lipinski definition) is 2. The van der Waals surface area contributed by atoms with Crippen LogP contribution in [-0.2, 0) is 4.79 Å². The van der Waals surface area contributed by atoms with E-state index in [1.807, 2.05) is 0 Å². The smallest absolute Gasteiger partial charge is 0.303 e. The minimum atomic E-state index is -0.733. The summed E-state index contributed by atoms with van der Waals surface area (Å²) >= 11 is 0. The second kappa shape index (κ2) is 3.95. The van der Waals surface area contributed by atoms with Crippen molar-refractivity contribution >= 4 is 11.8 Å². The Balaban J connectivity index is 2.07. The van der Waals surface area contributed by atoms with Gasteiger partial charge in [-0.05, 0) is 6.42 Å². The van der Waals surface area contributed by atoms with Crippen LogP contribution in [0.15, 0.2) is 4.99 Å². The first-order chi connectivity index (χ1) is 5.29. The molecule has 0 spiro atoms. The average Bonchev–Trinajstić information content (AvgIpc) is 2.39. The van der Waals surface area contributed by atoms with Crippen molar-refractivity contribution in [2.24, 2.45) is 4.99 Å². The third-order valence-corrected chi connectivity index (χ3v) is 1.55. The number of rotatable bonds is 4. The monoisotopic (exact) mass is 156 g/mol. The van der Waals surface area contributed by atoms with E-state index in [2.05, 4.69) is 10.3 Å². The van der Waals surface area contributed by atoms with E-state index in [0.717, 1.165) is 25.3 Å². The van der Waals surface area contributed by atoms with Gasteiger partial charge in [-0.15, -0.1) is 0 Å². The summed E-state index contributed by atoms with van der Waals surface area (Å²) in [7, 11) is 0. The van der Waals surface area contributed by atoms with Crippen LogP contribution in [0, 0.1) is 0 Å². The molecule has 62 valence electrons. The summed E-state index contributed by atoms with van der Waals surface area (Å²) in [6, 6.07) is 0. The zero-order valence-corrected chi connectivity index (χ0v) is 6.34. The van der Waals surface area contributed by atoms with Crippen molar-refractivity contribution in [3.8, 4) is 0 Å². The Bertz CT molecular complexity index is 177. The van der Waals surface area contributed by atoms with Crippen LogP contribution in [0.25, 0.3) is 0 Å². The lowest BCUT2D eigenvalue weighted by Crippen LogP contribution is -2.18. The molecule has 0 atom stereocenters. The van der Waals surface area contributed by atoms with E-state index in [-0.39, 0.29) is 6.42 Å². The highest BCUT2D eigenvalue weighted by molar-refractivity contribution is 5.83. The summed E-state index contributed by atoms with van der Waals surface area (Å²) in [6.45, 7) is 1.74. The van der Waals surface area contributed by atoms with Crippen LogP contribution in [0.2, 0.25) is 0 Å². The second-order valence-corrected chi connectivity index (χ2v) is 2.50. The lowest BCUT2D eigenvalue weighted by Gasteiger charge is -1.98. The maximum Gasteiger partial charge on any atom is 0.303 e. The molecular formula is C7H12N2O2. The van der Waals surface area contributed by atoms with Crippen LogP contribution in [0.1, 0.15) is 19.3 Å². The number of carbonyl (C=O) groups is 1. The Kier molecular flexibility index (Phi) is 2.89. The van der Waals surface area contributed by atoms with Gasteiger partial charge in [-0.2, -0.15) is 0 Å². The van der Waals surface area contributed by atoms with E-state index in [9.17, 15) is 4.79 Å². The third-order valence-electron chi connectivity index (χ3n) is 1.55. The Labute approximate surface area is 65.3 Å². The number of nitrogens with zero attached hydrogens (tertiary/aromatic N) is 1. The van der Waals surface area contributed by atoms with E-state index in [1.165, 1.54) is 0 Å². The van der Waals surface area contributed by atoms with Crippen LogP contribution in [0.3, 0.4) is 0 Å². The van der Waals surface area contributed by atoms with Gasteiger partial charge in [-0.3, -0.25) is 9.79 Å². The molecule has 11 heavy (non-hydrogen) atoms. The number of carboxylic acids is 1. The van der Waals surface area contributed by atoms with Crippen molar-refractivity contribution in [3.05, 3.63) is 0 Å². The molecule has 2 N–H and O–H groups in total. The fourth-order valence-corrected chi connectivity index (χ4v) is 1.02. The van der Waals surface area contributed by atoms with Gasteiger partial charge in [0, 0.05) is 19.4 Å². The van der Waals surface area contributed by atoms with Gasteiger partial charge in [0.05, 0.1) is 12.4 Å². The highest BCUT2D eigenvalue weighted by Gasteiger charge is 2.04. The van der Waals surface area contributed by atoms with E-state index in [1.54, 1.807) is 0 Å². The van der Waals surface area contributed by atoms with Gasteiger partial charge in [0.1, 0.15) is 0 Å². The number of aliphatic carboxylic acids is 1. The molecule has 0 radical (unpaired) electrons. The number of nitrogens with one attached hydrogen (secondary N) is 1. The fraction of sp³-hybridized carbons (Fsp3) is 0.714. The van der Waals surface area contributed by atoms with Gasteiger partial charge in [0.15, 0.2) is 0 Å². The maximum atomic E-state index is 10.1. The van der Waals surface area contributed by atoms with E-state index in [0.29, 0.717) is 6.42 Å². The summed E-state index contributed by atoms with van der Waals surface area (Å²) < 4.78 is 0. The van der Waals surface area contributed by atoms with Gasteiger partial charge >= 0.3 is 5.97 Å². The van der Waals surface area contributed by atoms with Crippen LogP contribution in [0.4, 0.5) is 0 Å². The van der Waals surface area contributed by atoms with E-state index in [4.69, 9.17) is 5.11 Å². The quantitative estimate of drug-likeness (QED) is 0.613. The Morgan fingerprint density at radius 3 is 3.09 bits per heavy atom. The Morgan fingerprint density at radius 1 is 1.73 bits per heavy atom. The SMILES string of the molecule is O=C(O)CCCC1=NCCN1. The van der Waals surface area contributed by atoms with Gasteiger partial charge in [-0.1, -0.05) is 0 Å². The zero-order chi connectivity index (χ0) is 8.10. The number of amidine groups is 1. The van der Waals surface area contributed by atoms with Crippen LogP contribution in [-0.4, -0.2) is 30.0 Å². The predicted octanol–water partition coefficient (Wildman–Crippen LogP) is 0.243.